The third kappa shape index (κ3) is 3.84. The quantitative estimate of drug-likeness (QED) is 0.674. The van der Waals surface area contributed by atoms with Gasteiger partial charge in [-0.1, -0.05) is 12.1 Å². The second kappa shape index (κ2) is 7.33. The molecule has 3 rings (SSSR count). The van der Waals surface area contributed by atoms with Crippen molar-refractivity contribution in [3.05, 3.63) is 58.6 Å². The van der Waals surface area contributed by atoms with Crippen LogP contribution in [0.2, 0.25) is 0 Å². The van der Waals surface area contributed by atoms with Crippen molar-refractivity contribution in [2.24, 2.45) is 0 Å². The van der Waals surface area contributed by atoms with Crippen LogP contribution in [0.5, 0.6) is 0 Å². The number of hydrogen-bond donors (Lipinski definition) is 2. The van der Waals surface area contributed by atoms with Crippen LogP contribution >= 0.6 is 23.1 Å². The Balaban J connectivity index is 1.66. The molecule has 0 atom stereocenters. The van der Waals surface area contributed by atoms with Crippen LogP contribution in [0.15, 0.2) is 57.4 Å². The Hall–Kier alpha value is -2.58. The number of carbonyl (C=O) groups excluding carboxylic acids is 2. The van der Waals surface area contributed by atoms with Gasteiger partial charge in [-0.15, -0.1) is 23.1 Å². The van der Waals surface area contributed by atoms with E-state index in [1.165, 1.54) is 17.6 Å². The van der Waals surface area contributed by atoms with E-state index >= 15 is 0 Å². The van der Waals surface area contributed by atoms with Crippen LogP contribution in [-0.4, -0.2) is 23.1 Å². The molecule has 2 heterocycles. The predicted octanol–water partition coefficient (Wildman–Crippen LogP) is 3.96. The van der Waals surface area contributed by atoms with Crippen molar-refractivity contribution >= 4 is 46.6 Å². The van der Waals surface area contributed by atoms with E-state index in [1.807, 2.05) is 24.5 Å². The van der Waals surface area contributed by atoms with Gasteiger partial charge in [-0.2, -0.15) is 4.98 Å². The molecule has 0 aliphatic carbocycles. The third-order valence-electron chi connectivity index (χ3n) is 3.03. The molecule has 122 valence electrons. The first-order chi connectivity index (χ1) is 11.7. The zero-order valence-corrected chi connectivity index (χ0v) is 14.2. The highest BCUT2D eigenvalue weighted by Crippen LogP contribution is 2.20. The highest BCUT2D eigenvalue weighted by Gasteiger charge is 2.15. The fraction of sp³-hybridized carbons (Fsp3) is 0.0625. The van der Waals surface area contributed by atoms with Gasteiger partial charge in [0.25, 0.3) is 11.8 Å². The number of nitrogens with one attached hydrogen (secondary N) is 2. The Morgan fingerprint density at radius 3 is 2.79 bits per heavy atom. The number of amides is 2. The monoisotopic (exact) mass is 359 g/mol. The standard InChI is InChI=1S/C16H13N3O3S2/c1-23-11-5-2-4-10(8-11)17-14(20)12-9-22-16(18-12)19-15(21)13-6-3-7-24-13/h2-9H,1H3,(H,17,20)(H,18,19,21). The largest absolute Gasteiger partial charge is 0.431 e. The normalized spacial score (nSPS) is 10.4. The van der Waals surface area contributed by atoms with E-state index in [9.17, 15) is 9.59 Å². The fourth-order valence-electron chi connectivity index (χ4n) is 1.90. The number of carbonyl (C=O) groups is 2. The molecule has 8 heteroatoms. The van der Waals surface area contributed by atoms with Crippen molar-refractivity contribution in [1.29, 1.82) is 0 Å². The average molecular weight is 359 g/mol. The van der Waals surface area contributed by atoms with Gasteiger partial charge in [-0.25, -0.2) is 0 Å². The summed E-state index contributed by atoms with van der Waals surface area (Å²) in [6.07, 6.45) is 3.17. The lowest BCUT2D eigenvalue weighted by atomic mass is 10.3. The average Bonchev–Trinajstić information content (AvgIpc) is 3.26. The van der Waals surface area contributed by atoms with Crippen LogP contribution in [-0.2, 0) is 0 Å². The second-order valence-corrected chi connectivity index (χ2v) is 6.48. The van der Waals surface area contributed by atoms with Gasteiger partial charge in [0.15, 0.2) is 5.69 Å². The number of anilines is 2. The molecule has 0 aliphatic heterocycles. The third-order valence-corrected chi connectivity index (χ3v) is 4.62. The van der Waals surface area contributed by atoms with Gasteiger partial charge in [0.05, 0.1) is 4.88 Å². The molecule has 3 aromatic rings. The van der Waals surface area contributed by atoms with Gasteiger partial charge in [0.2, 0.25) is 0 Å². The maximum atomic E-state index is 12.2. The summed E-state index contributed by atoms with van der Waals surface area (Å²) in [7, 11) is 0. The summed E-state index contributed by atoms with van der Waals surface area (Å²) in [4.78, 5) is 29.7. The lowest BCUT2D eigenvalue weighted by molar-refractivity contribution is 0.101. The molecule has 0 unspecified atom stereocenters. The predicted molar refractivity (Wildman–Crippen MR) is 95.0 cm³/mol. The second-order valence-electron chi connectivity index (χ2n) is 4.66. The SMILES string of the molecule is CSc1cccc(NC(=O)c2coc(NC(=O)c3cccs3)n2)c1. The number of hydrogen-bond acceptors (Lipinski definition) is 6. The Kier molecular flexibility index (Phi) is 4.97. The van der Waals surface area contributed by atoms with Gasteiger partial charge < -0.3 is 9.73 Å². The van der Waals surface area contributed by atoms with Gasteiger partial charge in [0, 0.05) is 10.6 Å². The lowest BCUT2D eigenvalue weighted by Crippen LogP contribution is -2.13. The maximum absolute atomic E-state index is 12.2. The van der Waals surface area contributed by atoms with E-state index in [2.05, 4.69) is 15.6 Å². The molecule has 0 saturated carbocycles. The molecule has 0 spiro atoms. The molecule has 1 aromatic carbocycles. The summed E-state index contributed by atoms with van der Waals surface area (Å²) in [6.45, 7) is 0. The summed E-state index contributed by atoms with van der Waals surface area (Å²) < 4.78 is 5.13. The van der Waals surface area contributed by atoms with Gasteiger partial charge in [-0.3, -0.25) is 14.9 Å². The molecule has 6 nitrogen and oxygen atoms in total. The minimum Gasteiger partial charge on any atom is -0.431 e. The van der Waals surface area contributed by atoms with Crippen molar-refractivity contribution < 1.29 is 14.0 Å². The number of oxazole rings is 1. The molecule has 2 amide bonds. The number of rotatable bonds is 5. The maximum Gasteiger partial charge on any atom is 0.302 e. The number of nitrogens with zero attached hydrogens (tertiary/aromatic N) is 1. The van der Waals surface area contributed by atoms with E-state index < -0.39 is 5.91 Å². The van der Waals surface area contributed by atoms with Crippen LogP contribution in [0.4, 0.5) is 11.7 Å². The zero-order chi connectivity index (χ0) is 16.9. The van der Waals surface area contributed by atoms with Crippen molar-refractivity contribution in [2.75, 3.05) is 16.9 Å². The Morgan fingerprint density at radius 1 is 1.17 bits per heavy atom. The van der Waals surface area contributed by atoms with Crippen LogP contribution < -0.4 is 10.6 Å². The van der Waals surface area contributed by atoms with Crippen molar-refractivity contribution in [3.63, 3.8) is 0 Å². The first-order valence-corrected chi connectivity index (χ1v) is 9.02. The van der Waals surface area contributed by atoms with E-state index in [4.69, 9.17) is 4.42 Å². The molecule has 24 heavy (non-hydrogen) atoms. The highest BCUT2D eigenvalue weighted by atomic mass is 32.2. The summed E-state index contributed by atoms with van der Waals surface area (Å²) in [6, 6.07) is 10.9. The summed E-state index contributed by atoms with van der Waals surface area (Å²) >= 11 is 2.89. The molecule has 2 N–H and O–H groups in total. The Bertz CT molecular complexity index is 859. The zero-order valence-electron chi connectivity index (χ0n) is 12.6. The number of thiophene rings is 1. The molecular weight excluding hydrogens is 346 g/mol. The van der Waals surface area contributed by atoms with E-state index in [1.54, 1.807) is 35.3 Å². The van der Waals surface area contributed by atoms with E-state index in [0.717, 1.165) is 4.90 Å². The van der Waals surface area contributed by atoms with Gasteiger partial charge in [0.1, 0.15) is 6.26 Å². The molecule has 0 radical (unpaired) electrons. The van der Waals surface area contributed by atoms with E-state index in [0.29, 0.717) is 10.6 Å². The molecule has 0 bridgehead atoms. The molecule has 0 fully saturated rings. The lowest BCUT2D eigenvalue weighted by Gasteiger charge is -2.04. The fourth-order valence-corrected chi connectivity index (χ4v) is 2.98. The minimum atomic E-state index is -0.409. The summed E-state index contributed by atoms with van der Waals surface area (Å²) in [5.74, 6) is -0.736. The van der Waals surface area contributed by atoms with Crippen molar-refractivity contribution in [3.8, 4) is 0 Å². The van der Waals surface area contributed by atoms with Crippen molar-refractivity contribution in [1.82, 2.24) is 4.98 Å². The first-order valence-electron chi connectivity index (χ1n) is 6.91. The highest BCUT2D eigenvalue weighted by molar-refractivity contribution is 7.98. The summed E-state index contributed by atoms with van der Waals surface area (Å²) in [5.41, 5.74) is 0.755. The topological polar surface area (TPSA) is 84.2 Å². The number of thioether (sulfide) groups is 1. The smallest absolute Gasteiger partial charge is 0.302 e. The molecule has 0 aliphatic rings. The van der Waals surface area contributed by atoms with Crippen LogP contribution in [0, 0.1) is 0 Å². The van der Waals surface area contributed by atoms with Gasteiger partial charge >= 0.3 is 6.01 Å². The number of aromatic nitrogens is 1. The van der Waals surface area contributed by atoms with Crippen molar-refractivity contribution in [2.45, 2.75) is 4.90 Å². The van der Waals surface area contributed by atoms with Gasteiger partial charge in [-0.05, 0) is 35.9 Å². The van der Waals surface area contributed by atoms with E-state index in [-0.39, 0.29) is 17.6 Å². The molecular formula is C16H13N3O3S2. The first kappa shape index (κ1) is 16.3. The molecule has 2 aromatic heterocycles. The summed E-state index contributed by atoms with van der Waals surface area (Å²) in [5, 5.41) is 7.05. The Morgan fingerprint density at radius 2 is 2.04 bits per heavy atom. The number of benzene rings is 1. The van der Waals surface area contributed by atoms with Crippen LogP contribution in [0.3, 0.4) is 0 Å². The minimum absolute atomic E-state index is 0.0172. The molecule has 0 saturated heterocycles. The Labute approximate surface area is 146 Å². The van der Waals surface area contributed by atoms with Crippen LogP contribution in [0.25, 0.3) is 0 Å². The van der Waals surface area contributed by atoms with Crippen LogP contribution in [0.1, 0.15) is 20.2 Å².